The van der Waals surface area contributed by atoms with Gasteiger partial charge in [-0.05, 0) is 47.2 Å². The molecule has 2 aliphatic rings. The molecule has 0 unspecified atom stereocenters. The second-order valence-corrected chi connectivity index (χ2v) is 7.70. The van der Waals surface area contributed by atoms with Gasteiger partial charge in [0.05, 0.1) is 0 Å². The first-order valence-corrected chi connectivity index (χ1v) is 10.3. The number of hydrogen-bond acceptors (Lipinski definition) is 2. The summed E-state index contributed by atoms with van der Waals surface area (Å²) in [5, 5.41) is 3.00. The van der Waals surface area contributed by atoms with Gasteiger partial charge < -0.3 is 15.1 Å². The number of nitrogens with one attached hydrogen (secondary N) is 1. The maximum absolute atomic E-state index is 12.6. The molecule has 0 aliphatic carbocycles. The van der Waals surface area contributed by atoms with E-state index in [0.29, 0.717) is 26.1 Å². The van der Waals surface area contributed by atoms with Crippen LogP contribution in [0.4, 0.5) is 10.5 Å². The van der Waals surface area contributed by atoms with E-state index < -0.39 is 0 Å². The Morgan fingerprint density at radius 2 is 1.66 bits per heavy atom. The number of nitrogens with zero attached hydrogens (tertiary/aromatic N) is 2. The largest absolute Gasteiger partial charge is 0.339 e. The van der Waals surface area contributed by atoms with E-state index >= 15 is 0 Å². The van der Waals surface area contributed by atoms with Crippen LogP contribution in [0.25, 0.3) is 5.57 Å². The topological polar surface area (TPSA) is 52.7 Å². The smallest absolute Gasteiger partial charge is 0.322 e. The van der Waals surface area contributed by atoms with E-state index in [-0.39, 0.29) is 11.9 Å². The van der Waals surface area contributed by atoms with Crippen molar-refractivity contribution in [2.75, 3.05) is 18.4 Å². The molecule has 0 fully saturated rings. The fourth-order valence-corrected chi connectivity index (χ4v) is 3.98. The molecule has 2 aromatic carbocycles. The summed E-state index contributed by atoms with van der Waals surface area (Å²) < 4.78 is 0. The molecule has 5 nitrogen and oxygen atoms in total. The molecule has 1 N–H and O–H groups in total. The number of hydrogen-bond donors (Lipinski definition) is 1. The lowest BCUT2D eigenvalue weighted by atomic mass is 9.99. The number of anilines is 1. The Morgan fingerprint density at radius 3 is 2.24 bits per heavy atom. The molecule has 0 atom stereocenters. The highest BCUT2D eigenvalue weighted by Gasteiger charge is 2.23. The minimum Gasteiger partial charge on any atom is -0.339 e. The molecule has 0 radical (unpaired) electrons. The summed E-state index contributed by atoms with van der Waals surface area (Å²) in [4.78, 5) is 28.4. The molecule has 0 spiro atoms. The summed E-state index contributed by atoms with van der Waals surface area (Å²) >= 11 is 0. The van der Waals surface area contributed by atoms with Crippen LogP contribution >= 0.6 is 0 Å². The van der Waals surface area contributed by atoms with Gasteiger partial charge in [0.2, 0.25) is 5.91 Å². The maximum atomic E-state index is 12.6. The van der Waals surface area contributed by atoms with E-state index in [0.717, 1.165) is 30.6 Å². The van der Waals surface area contributed by atoms with Gasteiger partial charge in [-0.3, -0.25) is 4.79 Å². The third-order valence-electron chi connectivity index (χ3n) is 5.66. The highest BCUT2D eigenvalue weighted by molar-refractivity contribution is 5.90. The lowest BCUT2D eigenvalue weighted by molar-refractivity contribution is -0.130. The van der Waals surface area contributed by atoms with E-state index in [1.165, 1.54) is 16.7 Å². The van der Waals surface area contributed by atoms with Crippen molar-refractivity contribution in [1.29, 1.82) is 0 Å². The third kappa shape index (κ3) is 4.34. The molecule has 0 saturated heterocycles. The summed E-state index contributed by atoms with van der Waals surface area (Å²) in [5.74, 6) is 0.241. The second-order valence-electron chi connectivity index (χ2n) is 7.70. The van der Waals surface area contributed by atoms with Crippen molar-refractivity contribution in [1.82, 2.24) is 9.80 Å². The number of benzene rings is 2. The van der Waals surface area contributed by atoms with Crippen molar-refractivity contribution < 1.29 is 9.59 Å². The van der Waals surface area contributed by atoms with Crippen LogP contribution in [-0.4, -0.2) is 34.8 Å². The van der Waals surface area contributed by atoms with Crippen LogP contribution in [0, 0.1) is 0 Å². The van der Waals surface area contributed by atoms with Crippen molar-refractivity contribution in [2.24, 2.45) is 0 Å². The quantitative estimate of drug-likeness (QED) is 0.827. The monoisotopic (exact) mass is 389 g/mol. The lowest BCUT2D eigenvalue weighted by Gasteiger charge is -2.26. The van der Waals surface area contributed by atoms with Crippen LogP contribution < -0.4 is 5.32 Å². The van der Waals surface area contributed by atoms with Crippen LogP contribution in [0.1, 0.15) is 42.9 Å². The molecule has 3 amide bonds. The molecular weight excluding hydrogens is 362 g/mol. The van der Waals surface area contributed by atoms with Crippen LogP contribution in [0.15, 0.2) is 54.6 Å². The maximum Gasteiger partial charge on any atom is 0.322 e. The molecular formula is C24H27N3O2. The highest BCUT2D eigenvalue weighted by atomic mass is 16.2. The second kappa shape index (κ2) is 8.52. The van der Waals surface area contributed by atoms with E-state index in [2.05, 4.69) is 23.5 Å². The Hall–Kier alpha value is -3.08. The number of fused-ring (bicyclic) bond motifs is 1. The Balaban J connectivity index is 1.34. The summed E-state index contributed by atoms with van der Waals surface area (Å²) in [6.07, 6.45) is 4.53. The van der Waals surface area contributed by atoms with Crippen molar-refractivity contribution in [2.45, 2.75) is 39.3 Å². The average molecular weight is 389 g/mol. The van der Waals surface area contributed by atoms with Crippen LogP contribution in [0.2, 0.25) is 0 Å². The first-order chi connectivity index (χ1) is 14.1. The standard InChI is InChI=1S/C24H27N3O2/c1-2-5-23(28)26-14-12-19(13-15-26)18-8-10-22(11-9-18)25-24(29)27-16-20-6-3-4-7-21(20)17-27/h3-4,6-12H,2,5,13-17H2,1H3,(H,25,29). The zero-order valence-corrected chi connectivity index (χ0v) is 16.9. The lowest BCUT2D eigenvalue weighted by Crippen LogP contribution is -2.34. The number of carbonyl (C=O) groups excluding carboxylic acids is 2. The van der Waals surface area contributed by atoms with Crippen LogP contribution in [-0.2, 0) is 17.9 Å². The van der Waals surface area contributed by atoms with Gasteiger partial charge in [-0.25, -0.2) is 4.79 Å². The summed E-state index contributed by atoms with van der Waals surface area (Å²) in [7, 11) is 0. The Kier molecular flexibility index (Phi) is 5.65. The van der Waals surface area contributed by atoms with Gasteiger partial charge >= 0.3 is 6.03 Å². The Labute approximate surface area is 172 Å². The van der Waals surface area contributed by atoms with Crippen molar-refractivity contribution >= 4 is 23.2 Å². The molecule has 29 heavy (non-hydrogen) atoms. The fourth-order valence-electron chi connectivity index (χ4n) is 3.98. The molecule has 2 aromatic rings. The van der Waals surface area contributed by atoms with Crippen LogP contribution in [0.3, 0.4) is 0 Å². The van der Waals surface area contributed by atoms with Crippen LogP contribution in [0.5, 0.6) is 0 Å². The van der Waals surface area contributed by atoms with Crippen molar-refractivity contribution in [3.63, 3.8) is 0 Å². The number of urea groups is 1. The minimum atomic E-state index is -0.0732. The van der Waals surface area contributed by atoms with Crippen molar-refractivity contribution in [3.8, 4) is 0 Å². The number of rotatable bonds is 4. The van der Waals surface area contributed by atoms with Gasteiger partial charge in [0.25, 0.3) is 0 Å². The predicted octanol–water partition coefficient (Wildman–Crippen LogP) is 4.65. The first-order valence-electron chi connectivity index (χ1n) is 10.3. The Bertz CT molecular complexity index is 908. The van der Waals surface area contributed by atoms with Gasteiger partial charge in [0, 0.05) is 38.3 Å². The fraction of sp³-hybridized carbons (Fsp3) is 0.333. The molecule has 2 aliphatic heterocycles. The number of amides is 3. The normalized spacial score (nSPS) is 15.7. The third-order valence-corrected chi connectivity index (χ3v) is 5.66. The predicted molar refractivity (Wildman–Crippen MR) is 115 cm³/mol. The molecule has 150 valence electrons. The van der Waals surface area contributed by atoms with Gasteiger partial charge in [0.15, 0.2) is 0 Å². The van der Waals surface area contributed by atoms with E-state index in [1.807, 2.05) is 53.1 Å². The minimum absolute atomic E-state index is 0.0732. The first kappa shape index (κ1) is 19.2. The van der Waals surface area contributed by atoms with Gasteiger partial charge in [-0.2, -0.15) is 0 Å². The van der Waals surface area contributed by atoms with Crippen molar-refractivity contribution in [3.05, 3.63) is 71.3 Å². The van der Waals surface area contributed by atoms with Gasteiger partial charge in [-0.1, -0.05) is 49.4 Å². The summed E-state index contributed by atoms with van der Waals surface area (Å²) in [6.45, 7) is 4.80. The van der Waals surface area contributed by atoms with Gasteiger partial charge in [0.1, 0.15) is 0 Å². The molecule has 4 rings (SSSR count). The summed E-state index contributed by atoms with van der Waals surface area (Å²) in [6, 6.07) is 16.1. The zero-order valence-electron chi connectivity index (χ0n) is 16.9. The van der Waals surface area contributed by atoms with Gasteiger partial charge in [-0.15, -0.1) is 0 Å². The Morgan fingerprint density at radius 1 is 0.966 bits per heavy atom. The summed E-state index contributed by atoms with van der Waals surface area (Å²) in [5.41, 5.74) is 5.64. The molecule has 0 bridgehead atoms. The SMILES string of the molecule is CCCC(=O)N1CC=C(c2ccc(NC(=O)N3Cc4ccccc4C3)cc2)CC1. The number of carbonyl (C=O) groups is 2. The zero-order chi connectivity index (χ0) is 20.2. The molecule has 0 aromatic heterocycles. The average Bonchev–Trinajstić information content (AvgIpc) is 3.19. The van der Waals surface area contributed by atoms with E-state index in [9.17, 15) is 9.59 Å². The molecule has 0 saturated carbocycles. The van der Waals surface area contributed by atoms with E-state index in [1.54, 1.807) is 0 Å². The highest BCUT2D eigenvalue weighted by Crippen LogP contribution is 2.26. The molecule has 2 heterocycles. The van der Waals surface area contributed by atoms with E-state index in [4.69, 9.17) is 0 Å². The molecule has 5 heteroatoms.